The first-order valence-electron chi connectivity index (χ1n) is 9.84. The molecular weight excluding hydrogens is 411 g/mol. The van der Waals surface area contributed by atoms with Crippen molar-refractivity contribution in [3.63, 3.8) is 0 Å². The molecule has 0 aliphatic carbocycles. The Balaban J connectivity index is 0.00000341. The number of amides is 1. The molecule has 0 aliphatic rings. The molecule has 0 saturated heterocycles. The van der Waals surface area contributed by atoms with Crippen molar-refractivity contribution < 1.29 is 9.18 Å². The molecule has 1 atom stereocenters. The molecule has 0 saturated carbocycles. The summed E-state index contributed by atoms with van der Waals surface area (Å²) >= 11 is 0. The van der Waals surface area contributed by atoms with Crippen molar-refractivity contribution in [3.05, 3.63) is 101 Å². The van der Waals surface area contributed by atoms with Crippen molar-refractivity contribution in [3.8, 4) is 12.3 Å². The van der Waals surface area contributed by atoms with Gasteiger partial charge in [0, 0.05) is 12.2 Å². The topological polar surface area (TPSA) is 46.3 Å². The predicted molar refractivity (Wildman–Crippen MR) is 127 cm³/mol. The van der Waals surface area contributed by atoms with Gasteiger partial charge in [-0.25, -0.2) is 4.39 Å². The Labute approximate surface area is 189 Å². The molecular formula is C26H26ClFN2O. The lowest BCUT2D eigenvalue weighted by Gasteiger charge is -2.25. The van der Waals surface area contributed by atoms with E-state index in [0.29, 0.717) is 19.5 Å². The van der Waals surface area contributed by atoms with E-state index in [1.54, 1.807) is 12.1 Å². The van der Waals surface area contributed by atoms with Crippen LogP contribution in [0.3, 0.4) is 0 Å². The van der Waals surface area contributed by atoms with Gasteiger partial charge in [-0.2, -0.15) is 0 Å². The lowest BCUT2D eigenvalue weighted by molar-refractivity contribution is -0.119. The highest BCUT2D eigenvalue weighted by Gasteiger charge is 2.21. The predicted octanol–water partition coefficient (Wildman–Crippen LogP) is 5.01. The van der Waals surface area contributed by atoms with Crippen LogP contribution >= 0.6 is 12.4 Å². The Hall–Kier alpha value is -3.29. The van der Waals surface area contributed by atoms with Gasteiger partial charge >= 0.3 is 0 Å². The first-order valence-corrected chi connectivity index (χ1v) is 9.84. The molecule has 0 radical (unpaired) electrons. The third-order valence-corrected chi connectivity index (χ3v) is 5.19. The van der Waals surface area contributed by atoms with Crippen molar-refractivity contribution in [1.29, 1.82) is 0 Å². The van der Waals surface area contributed by atoms with Crippen molar-refractivity contribution in [2.75, 3.05) is 11.4 Å². The van der Waals surface area contributed by atoms with Gasteiger partial charge in [0.1, 0.15) is 5.82 Å². The third kappa shape index (κ3) is 6.34. The second-order valence-electron chi connectivity index (χ2n) is 7.37. The molecule has 31 heavy (non-hydrogen) atoms. The summed E-state index contributed by atoms with van der Waals surface area (Å²) in [6.07, 6.45) is 6.13. The van der Waals surface area contributed by atoms with E-state index in [1.807, 2.05) is 60.4 Å². The van der Waals surface area contributed by atoms with Gasteiger partial charge in [0.25, 0.3) is 0 Å². The highest BCUT2D eigenvalue weighted by Crippen LogP contribution is 2.28. The van der Waals surface area contributed by atoms with E-state index < -0.39 is 5.92 Å². The van der Waals surface area contributed by atoms with Gasteiger partial charge in [-0.15, -0.1) is 18.8 Å². The fourth-order valence-corrected chi connectivity index (χ4v) is 3.62. The first-order chi connectivity index (χ1) is 14.5. The number of rotatable bonds is 8. The zero-order valence-corrected chi connectivity index (χ0v) is 18.2. The second-order valence-corrected chi connectivity index (χ2v) is 7.37. The number of halogens is 2. The van der Waals surface area contributed by atoms with Gasteiger partial charge in [-0.1, -0.05) is 54.5 Å². The van der Waals surface area contributed by atoms with Crippen LogP contribution in [0.5, 0.6) is 0 Å². The molecule has 1 unspecified atom stereocenters. The smallest absolute Gasteiger partial charge is 0.225 e. The first kappa shape index (κ1) is 24.0. The summed E-state index contributed by atoms with van der Waals surface area (Å²) in [4.78, 5) is 14.2. The largest absolute Gasteiger partial charge is 0.369 e. The lowest BCUT2D eigenvalue weighted by Crippen LogP contribution is -2.25. The summed E-state index contributed by atoms with van der Waals surface area (Å²) in [7, 11) is 0. The van der Waals surface area contributed by atoms with Gasteiger partial charge in [-0.05, 0) is 59.9 Å². The van der Waals surface area contributed by atoms with Crippen molar-refractivity contribution >= 4 is 24.0 Å². The number of primary amides is 1. The number of hydrogen-bond donors (Lipinski definition) is 1. The molecule has 0 fully saturated rings. The number of benzene rings is 3. The Bertz CT molecular complexity index is 1050. The molecule has 3 nitrogen and oxygen atoms in total. The number of aryl methyl sites for hydroxylation is 1. The molecule has 5 heteroatoms. The van der Waals surface area contributed by atoms with Crippen molar-refractivity contribution in [2.45, 2.75) is 25.8 Å². The molecule has 0 aromatic heterocycles. The summed E-state index contributed by atoms with van der Waals surface area (Å²) < 4.78 is 13.2. The maximum atomic E-state index is 13.2. The average Bonchev–Trinajstić information content (AvgIpc) is 2.74. The molecule has 3 aromatic rings. The van der Waals surface area contributed by atoms with E-state index in [9.17, 15) is 9.18 Å². The molecule has 3 rings (SSSR count). The minimum atomic E-state index is -0.403. The Morgan fingerprint density at radius 2 is 1.74 bits per heavy atom. The number of hydrogen-bond acceptors (Lipinski definition) is 2. The molecule has 2 N–H and O–H groups in total. The molecule has 160 valence electrons. The van der Waals surface area contributed by atoms with Crippen molar-refractivity contribution in [1.82, 2.24) is 0 Å². The van der Waals surface area contributed by atoms with Gasteiger partial charge in [0.2, 0.25) is 5.91 Å². The van der Waals surface area contributed by atoms with E-state index >= 15 is 0 Å². The van der Waals surface area contributed by atoms with Crippen LogP contribution in [0.25, 0.3) is 0 Å². The fraction of sp³-hybridized carbons (Fsp3) is 0.192. The average molecular weight is 437 g/mol. The minimum Gasteiger partial charge on any atom is -0.369 e. The lowest BCUT2D eigenvalue weighted by atomic mass is 9.88. The van der Waals surface area contributed by atoms with Crippen LogP contribution in [0.4, 0.5) is 10.1 Å². The van der Waals surface area contributed by atoms with E-state index in [4.69, 9.17) is 12.2 Å². The van der Waals surface area contributed by atoms with E-state index in [0.717, 1.165) is 27.9 Å². The number of nitrogens with zero attached hydrogens (tertiary/aromatic N) is 1. The minimum absolute atomic E-state index is 0. The summed E-state index contributed by atoms with van der Waals surface area (Å²) in [5, 5.41) is 0. The van der Waals surface area contributed by atoms with E-state index in [-0.39, 0.29) is 24.1 Å². The van der Waals surface area contributed by atoms with Gasteiger partial charge in [0.15, 0.2) is 0 Å². The highest BCUT2D eigenvalue weighted by atomic mass is 35.5. The Morgan fingerprint density at radius 3 is 2.32 bits per heavy atom. The van der Waals surface area contributed by atoms with E-state index in [2.05, 4.69) is 5.92 Å². The number of carbonyl (C=O) groups is 1. The van der Waals surface area contributed by atoms with E-state index in [1.165, 1.54) is 12.1 Å². The summed E-state index contributed by atoms with van der Waals surface area (Å²) in [5.41, 5.74) is 10.6. The standard InChI is InChI=1S/C26H25FN2O.ClH/c1-3-15-29(18-21-9-11-22(27)12-10-21)23-13-14-24(19(2)16-23)25(26(28)30)17-20-7-5-4-6-8-20;/h1,4-14,16,25H,15,17-18H2,2H3,(H2,28,30);1H. The highest BCUT2D eigenvalue weighted by molar-refractivity contribution is 5.85. The quantitative estimate of drug-likeness (QED) is 0.504. The molecule has 0 spiro atoms. The van der Waals surface area contributed by atoms with Gasteiger partial charge in [0.05, 0.1) is 12.5 Å². The monoisotopic (exact) mass is 436 g/mol. The van der Waals surface area contributed by atoms with Crippen LogP contribution in [0.1, 0.15) is 28.2 Å². The van der Waals surface area contributed by atoms with Crippen LogP contribution in [-0.4, -0.2) is 12.5 Å². The van der Waals surface area contributed by atoms with Crippen LogP contribution < -0.4 is 10.6 Å². The van der Waals surface area contributed by atoms with Crippen LogP contribution in [0.15, 0.2) is 72.8 Å². The molecule has 3 aromatic carbocycles. The second kappa shape index (κ2) is 11.2. The maximum absolute atomic E-state index is 13.2. The molecule has 0 aliphatic heterocycles. The van der Waals surface area contributed by atoms with Gasteiger partial charge in [-0.3, -0.25) is 4.79 Å². The van der Waals surface area contributed by atoms with Gasteiger partial charge < -0.3 is 10.6 Å². The molecule has 1 amide bonds. The fourth-order valence-electron chi connectivity index (χ4n) is 3.62. The summed E-state index contributed by atoms with van der Waals surface area (Å²) in [6.45, 7) is 2.96. The SMILES string of the molecule is C#CCN(Cc1ccc(F)cc1)c1ccc(C(Cc2ccccc2)C(N)=O)c(C)c1.Cl. The Morgan fingerprint density at radius 1 is 1.06 bits per heavy atom. The molecule has 0 heterocycles. The number of anilines is 1. The Kier molecular flexibility index (Phi) is 8.66. The third-order valence-electron chi connectivity index (χ3n) is 5.19. The van der Waals surface area contributed by atoms with Crippen LogP contribution in [0.2, 0.25) is 0 Å². The van der Waals surface area contributed by atoms with Crippen LogP contribution in [0, 0.1) is 25.1 Å². The number of terminal acetylenes is 1. The summed E-state index contributed by atoms with van der Waals surface area (Å²) in [5.74, 6) is 1.67. The normalized spacial score (nSPS) is 11.1. The summed E-state index contributed by atoms with van der Waals surface area (Å²) in [6, 6.07) is 22.2. The van der Waals surface area contributed by atoms with Crippen molar-refractivity contribution in [2.24, 2.45) is 5.73 Å². The maximum Gasteiger partial charge on any atom is 0.225 e. The zero-order chi connectivity index (χ0) is 21.5. The zero-order valence-electron chi connectivity index (χ0n) is 17.4. The molecule has 0 bridgehead atoms. The number of carbonyl (C=O) groups excluding carboxylic acids is 1. The van der Waals surface area contributed by atoms with Crippen LogP contribution in [-0.2, 0) is 17.8 Å². The number of nitrogens with two attached hydrogens (primary N) is 1.